The molecule has 1 atom stereocenters. The van der Waals surface area contributed by atoms with Gasteiger partial charge in [0.25, 0.3) is 0 Å². The maximum atomic E-state index is 12.3. The zero-order valence-electron chi connectivity index (χ0n) is 10.3. The Kier molecular flexibility index (Phi) is 2.77. The molecule has 2 aromatic carbocycles. The van der Waals surface area contributed by atoms with E-state index in [1.165, 1.54) is 0 Å². The maximum Gasteiger partial charge on any atom is 0.249 e. The number of nitriles is 1. The lowest BCUT2D eigenvalue weighted by Gasteiger charge is -2.17. The van der Waals surface area contributed by atoms with Gasteiger partial charge >= 0.3 is 0 Å². The average molecular weight is 248 g/mol. The Morgan fingerprint density at radius 3 is 2.47 bits per heavy atom. The zero-order chi connectivity index (χ0) is 13.2. The Balaban J connectivity index is 1.99. The third-order valence-electron chi connectivity index (χ3n) is 3.36. The van der Waals surface area contributed by atoms with Crippen molar-refractivity contribution in [2.24, 2.45) is 0 Å². The second-order valence-electron chi connectivity index (χ2n) is 4.53. The van der Waals surface area contributed by atoms with E-state index in [4.69, 9.17) is 5.26 Å². The molecule has 3 rings (SSSR count). The molecule has 0 aromatic heterocycles. The lowest BCUT2D eigenvalue weighted by molar-refractivity contribution is -0.118. The fourth-order valence-electron chi connectivity index (χ4n) is 2.44. The summed E-state index contributed by atoms with van der Waals surface area (Å²) in [6.07, 6.45) is 0. The molecule has 0 aliphatic carbocycles. The van der Waals surface area contributed by atoms with Crippen LogP contribution in [0, 0.1) is 11.3 Å². The summed E-state index contributed by atoms with van der Waals surface area (Å²) >= 11 is 0. The van der Waals surface area contributed by atoms with Gasteiger partial charge < -0.3 is 4.90 Å². The summed E-state index contributed by atoms with van der Waals surface area (Å²) in [4.78, 5) is 14.0. The smallest absolute Gasteiger partial charge is 0.249 e. The summed E-state index contributed by atoms with van der Waals surface area (Å²) in [5.41, 5.74) is 2.72. The predicted molar refractivity (Wildman–Crippen MR) is 72.4 cm³/mol. The van der Waals surface area contributed by atoms with Crippen molar-refractivity contribution in [3.8, 4) is 6.07 Å². The predicted octanol–water partition coefficient (Wildman–Crippen LogP) is 2.84. The van der Waals surface area contributed by atoms with Crippen molar-refractivity contribution in [3.63, 3.8) is 0 Å². The van der Waals surface area contributed by atoms with Crippen LogP contribution in [0.5, 0.6) is 0 Å². The van der Waals surface area contributed by atoms with Crippen LogP contribution < -0.4 is 4.90 Å². The summed E-state index contributed by atoms with van der Waals surface area (Å²) in [7, 11) is 0. The molecule has 0 fully saturated rings. The Morgan fingerprint density at radius 1 is 1.05 bits per heavy atom. The highest BCUT2D eigenvalue weighted by Crippen LogP contribution is 2.37. The first-order valence-electron chi connectivity index (χ1n) is 6.15. The molecule has 0 spiro atoms. The molecule has 2 aromatic rings. The van der Waals surface area contributed by atoms with Gasteiger partial charge in [0.2, 0.25) is 5.91 Å². The number of benzene rings is 2. The SMILES string of the molecule is N#CC1C(=O)N(Cc2ccccc2)c2ccccc21. The highest BCUT2D eigenvalue weighted by molar-refractivity contribution is 6.06. The quantitative estimate of drug-likeness (QED) is 0.820. The van der Waals surface area contributed by atoms with E-state index in [9.17, 15) is 4.79 Å². The van der Waals surface area contributed by atoms with Crippen LogP contribution in [-0.4, -0.2) is 5.91 Å². The topological polar surface area (TPSA) is 44.1 Å². The first-order valence-corrected chi connectivity index (χ1v) is 6.15. The molecule has 1 unspecified atom stereocenters. The number of anilines is 1. The summed E-state index contributed by atoms with van der Waals surface area (Å²) in [5.74, 6) is -0.799. The van der Waals surface area contributed by atoms with Crippen LogP contribution in [0.25, 0.3) is 0 Å². The molecule has 0 saturated heterocycles. The number of nitrogens with zero attached hydrogens (tertiary/aromatic N) is 2. The first-order chi connectivity index (χ1) is 9.31. The summed E-state index contributed by atoms with van der Waals surface area (Å²) in [6, 6.07) is 19.4. The number of carbonyl (C=O) groups is 1. The van der Waals surface area contributed by atoms with Crippen molar-refractivity contribution in [2.45, 2.75) is 12.5 Å². The maximum absolute atomic E-state index is 12.3. The Morgan fingerprint density at radius 2 is 1.74 bits per heavy atom. The van der Waals surface area contributed by atoms with Gasteiger partial charge in [-0.05, 0) is 11.6 Å². The Bertz CT molecular complexity index is 658. The molecule has 1 aliphatic rings. The molecule has 3 nitrogen and oxygen atoms in total. The fourth-order valence-corrected chi connectivity index (χ4v) is 2.44. The minimum Gasteiger partial charge on any atom is -0.306 e. The van der Waals surface area contributed by atoms with Gasteiger partial charge in [-0.25, -0.2) is 0 Å². The van der Waals surface area contributed by atoms with Gasteiger partial charge in [0.15, 0.2) is 5.92 Å². The minimum absolute atomic E-state index is 0.132. The van der Waals surface area contributed by atoms with Gasteiger partial charge in [-0.3, -0.25) is 4.79 Å². The summed E-state index contributed by atoms with van der Waals surface area (Å²) < 4.78 is 0. The number of para-hydroxylation sites is 1. The molecule has 0 N–H and O–H groups in total. The third-order valence-corrected chi connectivity index (χ3v) is 3.36. The van der Waals surface area contributed by atoms with E-state index in [1.54, 1.807) is 4.90 Å². The van der Waals surface area contributed by atoms with Crippen LogP contribution in [0.15, 0.2) is 54.6 Å². The van der Waals surface area contributed by atoms with Gasteiger partial charge in [0.1, 0.15) is 0 Å². The molecule has 0 saturated carbocycles. The zero-order valence-corrected chi connectivity index (χ0v) is 10.3. The van der Waals surface area contributed by atoms with Crippen molar-refractivity contribution in [3.05, 3.63) is 65.7 Å². The molecule has 3 heteroatoms. The van der Waals surface area contributed by atoms with Crippen LogP contribution in [-0.2, 0) is 11.3 Å². The minimum atomic E-state index is -0.667. The average Bonchev–Trinajstić information content (AvgIpc) is 2.73. The van der Waals surface area contributed by atoms with Crippen molar-refractivity contribution in [1.29, 1.82) is 5.26 Å². The number of rotatable bonds is 2. The van der Waals surface area contributed by atoms with E-state index in [2.05, 4.69) is 6.07 Å². The van der Waals surface area contributed by atoms with E-state index >= 15 is 0 Å². The van der Waals surface area contributed by atoms with E-state index in [0.29, 0.717) is 6.54 Å². The highest BCUT2D eigenvalue weighted by atomic mass is 16.2. The van der Waals surface area contributed by atoms with Crippen molar-refractivity contribution in [2.75, 3.05) is 4.90 Å². The Labute approximate surface area is 111 Å². The lowest BCUT2D eigenvalue weighted by atomic mass is 10.0. The van der Waals surface area contributed by atoms with E-state index in [-0.39, 0.29) is 5.91 Å². The molecule has 0 bridgehead atoms. The van der Waals surface area contributed by atoms with E-state index in [0.717, 1.165) is 16.8 Å². The molecule has 1 amide bonds. The van der Waals surface area contributed by atoms with E-state index in [1.807, 2.05) is 54.6 Å². The Hall–Kier alpha value is -2.60. The number of hydrogen-bond acceptors (Lipinski definition) is 2. The molecule has 1 aliphatic heterocycles. The normalized spacial score (nSPS) is 17.1. The summed E-state index contributed by atoms with van der Waals surface area (Å²) in [6.45, 7) is 0.509. The van der Waals surface area contributed by atoms with Gasteiger partial charge in [-0.15, -0.1) is 0 Å². The van der Waals surface area contributed by atoms with Gasteiger partial charge in [-0.2, -0.15) is 5.26 Å². The number of hydrogen-bond donors (Lipinski definition) is 0. The molecular formula is C16H12N2O. The van der Waals surface area contributed by atoms with Crippen LogP contribution in [0.3, 0.4) is 0 Å². The van der Waals surface area contributed by atoms with Crippen molar-refractivity contribution in [1.82, 2.24) is 0 Å². The van der Waals surface area contributed by atoms with Crippen LogP contribution in [0.4, 0.5) is 5.69 Å². The van der Waals surface area contributed by atoms with Crippen molar-refractivity contribution >= 4 is 11.6 Å². The van der Waals surface area contributed by atoms with Gasteiger partial charge in [0, 0.05) is 11.3 Å². The third kappa shape index (κ3) is 1.88. The van der Waals surface area contributed by atoms with E-state index < -0.39 is 5.92 Å². The van der Waals surface area contributed by atoms with Crippen LogP contribution in [0.1, 0.15) is 17.0 Å². The number of carbonyl (C=O) groups excluding carboxylic acids is 1. The van der Waals surface area contributed by atoms with Crippen molar-refractivity contribution < 1.29 is 4.79 Å². The molecule has 0 radical (unpaired) electrons. The number of fused-ring (bicyclic) bond motifs is 1. The monoisotopic (exact) mass is 248 g/mol. The van der Waals surface area contributed by atoms with Crippen LogP contribution in [0.2, 0.25) is 0 Å². The fraction of sp³-hybridized carbons (Fsp3) is 0.125. The molecular weight excluding hydrogens is 236 g/mol. The lowest BCUT2D eigenvalue weighted by Crippen LogP contribution is -2.27. The standard InChI is InChI=1S/C16H12N2O/c17-10-14-13-8-4-5-9-15(13)18(16(14)19)11-12-6-2-1-3-7-12/h1-9,14H,11H2. The van der Waals surface area contributed by atoms with Gasteiger partial charge in [0.05, 0.1) is 12.6 Å². The second kappa shape index (κ2) is 4.58. The molecule has 1 heterocycles. The number of amides is 1. The van der Waals surface area contributed by atoms with Gasteiger partial charge in [-0.1, -0.05) is 48.5 Å². The highest BCUT2D eigenvalue weighted by Gasteiger charge is 2.36. The molecule has 92 valence electrons. The van der Waals surface area contributed by atoms with Crippen LogP contribution >= 0.6 is 0 Å². The largest absolute Gasteiger partial charge is 0.306 e. The first kappa shape index (κ1) is 11.5. The molecule has 19 heavy (non-hydrogen) atoms. The second-order valence-corrected chi connectivity index (χ2v) is 4.53. The summed E-state index contributed by atoms with van der Waals surface area (Å²) in [5, 5.41) is 9.17.